The minimum Gasteiger partial charge on any atom is -0.379 e. The normalized spacial score (nSPS) is 16.0. The number of aryl methyl sites for hydroxylation is 1. The maximum absolute atomic E-state index is 12.8. The van der Waals surface area contributed by atoms with Crippen molar-refractivity contribution < 1.29 is 17.9 Å². The third-order valence-electron chi connectivity index (χ3n) is 5.51. The van der Waals surface area contributed by atoms with Gasteiger partial charge in [-0.3, -0.25) is 14.4 Å². The molecule has 1 atom stereocenters. The molecule has 0 spiro atoms. The van der Waals surface area contributed by atoms with Crippen LogP contribution in [0.3, 0.4) is 0 Å². The van der Waals surface area contributed by atoms with Gasteiger partial charge < -0.3 is 10.1 Å². The minimum absolute atomic E-state index is 0.0534. The van der Waals surface area contributed by atoms with Gasteiger partial charge in [-0.15, -0.1) is 0 Å². The molecule has 1 saturated heterocycles. The fourth-order valence-electron chi connectivity index (χ4n) is 3.80. The summed E-state index contributed by atoms with van der Waals surface area (Å²) in [4.78, 5) is 15.2. The molecule has 0 aromatic heterocycles. The first-order valence-electron chi connectivity index (χ1n) is 11.0. The van der Waals surface area contributed by atoms with Gasteiger partial charge in [0.2, 0.25) is 0 Å². The maximum atomic E-state index is 12.8. The van der Waals surface area contributed by atoms with Crippen molar-refractivity contribution in [2.75, 3.05) is 37.6 Å². The van der Waals surface area contributed by atoms with E-state index in [1.165, 1.54) is 12.1 Å². The van der Waals surface area contributed by atoms with Crippen molar-refractivity contribution in [3.05, 3.63) is 59.7 Å². The molecule has 0 bridgehead atoms. The third kappa shape index (κ3) is 6.79. The van der Waals surface area contributed by atoms with Crippen LogP contribution in [0.4, 0.5) is 5.69 Å². The smallest absolute Gasteiger partial charge is 0.261 e. The van der Waals surface area contributed by atoms with Gasteiger partial charge in [-0.05, 0) is 49.6 Å². The van der Waals surface area contributed by atoms with E-state index in [-0.39, 0.29) is 16.8 Å². The largest absolute Gasteiger partial charge is 0.379 e. The summed E-state index contributed by atoms with van der Waals surface area (Å²) in [6.45, 7) is 9.90. The fraction of sp³-hybridized carbons (Fsp3) is 0.458. The number of amides is 1. The second kappa shape index (κ2) is 10.9. The van der Waals surface area contributed by atoms with E-state index in [1.807, 2.05) is 19.1 Å². The van der Waals surface area contributed by atoms with Crippen LogP contribution in [0.25, 0.3) is 0 Å². The molecule has 7 nitrogen and oxygen atoms in total. The molecule has 0 saturated carbocycles. The number of benzene rings is 2. The number of rotatable bonds is 9. The van der Waals surface area contributed by atoms with E-state index in [0.29, 0.717) is 36.9 Å². The zero-order chi connectivity index (χ0) is 23.1. The van der Waals surface area contributed by atoms with Crippen LogP contribution in [0.2, 0.25) is 0 Å². The molecule has 2 aromatic carbocycles. The highest BCUT2D eigenvalue weighted by molar-refractivity contribution is 7.92. The Balaban J connectivity index is 1.67. The fourth-order valence-corrected chi connectivity index (χ4v) is 4.91. The molecule has 8 heteroatoms. The number of morpholine rings is 1. The van der Waals surface area contributed by atoms with Crippen molar-refractivity contribution in [1.82, 2.24) is 10.2 Å². The van der Waals surface area contributed by atoms with Crippen molar-refractivity contribution in [1.29, 1.82) is 0 Å². The molecule has 1 aliphatic rings. The lowest BCUT2D eigenvalue weighted by Crippen LogP contribution is -2.49. The van der Waals surface area contributed by atoms with Gasteiger partial charge >= 0.3 is 0 Å². The monoisotopic (exact) mass is 459 g/mol. The second-order valence-corrected chi connectivity index (χ2v) is 10.3. The molecule has 0 unspecified atom stereocenters. The average Bonchev–Trinajstić information content (AvgIpc) is 2.78. The summed E-state index contributed by atoms with van der Waals surface area (Å²) in [6, 6.07) is 13.4. The third-order valence-corrected chi connectivity index (χ3v) is 6.89. The van der Waals surface area contributed by atoms with Crippen molar-refractivity contribution in [2.24, 2.45) is 5.92 Å². The first-order valence-corrected chi connectivity index (χ1v) is 12.5. The second-order valence-electron chi connectivity index (χ2n) is 8.64. The first-order chi connectivity index (χ1) is 15.2. The number of anilines is 1. The van der Waals surface area contributed by atoms with Crippen LogP contribution >= 0.6 is 0 Å². The van der Waals surface area contributed by atoms with Crippen LogP contribution < -0.4 is 10.0 Å². The lowest BCUT2D eigenvalue weighted by Gasteiger charge is -2.35. The molecule has 2 N–H and O–H groups in total. The Hall–Kier alpha value is -2.42. The van der Waals surface area contributed by atoms with Gasteiger partial charge in [0.05, 0.1) is 18.1 Å². The number of hydrogen-bond acceptors (Lipinski definition) is 5. The van der Waals surface area contributed by atoms with E-state index in [9.17, 15) is 13.2 Å². The van der Waals surface area contributed by atoms with Crippen molar-refractivity contribution >= 4 is 21.6 Å². The van der Waals surface area contributed by atoms with E-state index in [4.69, 9.17) is 4.74 Å². The number of hydrogen-bond donors (Lipinski definition) is 2. The molecule has 3 rings (SSSR count). The number of carbonyl (C=O) groups excluding carboxylic acids is 1. The predicted molar refractivity (Wildman–Crippen MR) is 126 cm³/mol. The Kier molecular flexibility index (Phi) is 8.28. The van der Waals surface area contributed by atoms with E-state index in [2.05, 4.69) is 28.8 Å². The van der Waals surface area contributed by atoms with Crippen LogP contribution in [-0.2, 0) is 14.8 Å². The summed E-state index contributed by atoms with van der Waals surface area (Å²) in [5.41, 5.74) is 1.84. The van der Waals surface area contributed by atoms with Crippen LogP contribution in [0.15, 0.2) is 53.4 Å². The molecule has 1 amide bonds. The van der Waals surface area contributed by atoms with Gasteiger partial charge in [-0.2, -0.15) is 0 Å². The zero-order valence-electron chi connectivity index (χ0n) is 19.0. The van der Waals surface area contributed by atoms with E-state index >= 15 is 0 Å². The lowest BCUT2D eigenvalue weighted by molar-refractivity contribution is 0.0124. The molecule has 2 aromatic rings. The summed E-state index contributed by atoms with van der Waals surface area (Å²) >= 11 is 0. The van der Waals surface area contributed by atoms with Gasteiger partial charge in [0.15, 0.2) is 0 Å². The molecule has 1 fully saturated rings. The molecule has 0 radical (unpaired) electrons. The summed E-state index contributed by atoms with van der Waals surface area (Å²) in [5.74, 6) is 0.223. The highest BCUT2D eigenvalue weighted by Crippen LogP contribution is 2.18. The molecule has 32 heavy (non-hydrogen) atoms. The Labute approximate surface area is 191 Å². The van der Waals surface area contributed by atoms with Crippen molar-refractivity contribution in [3.63, 3.8) is 0 Å². The Bertz CT molecular complexity index is 1000. The number of nitrogens with one attached hydrogen (secondary N) is 2. The van der Waals surface area contributed by atoms with Gasteiger partial charge in [0.1, 0.15) is 0 Å². The number of sulfonamides is 1. The highest BCUT2D eigenvalue weighted by Gasteiger charge is 2.23. The van der Waals surface area contributed by atoms with Gasteiger partial charge in [0, 0.05) is 36.9 Å². The number of carbonyl (C=O) groups is 1. The molecular formula is C24H33N3O4S. The Morgan fingerprint density at radius 3 is 2.44 bits per heavy atom. The van der Waals surface area contributed by atoms with E-state index < -0.39 is 10.0 Å². The summed E-state index contributed by atoms with van der Waals surface area (Å²) in [5, 5.41) is 3.00. The SMILES string of the molecule is Cc1ccc(NS(=O)(=O)c2cccc(C(=O)NC[C@H](CC(C)C)N3CCOCC3)c2)cc1. The summed E-state index contributed by atoms with van der Waals surface area (Å²) < 4.78 is 33.6. The lowest BCUT2D eigenvalue weighted by atomic mass is 10.0. The van der Waals surface area contributed by atoms with Gasteiger partial charge in [-0.25, -0.2) is 8.42 Å². The Morgan fingerprint density at radius 2 is 1.78 bits per heavy atom. The Morgan fingerprint density at radius 1 is 1.09 bits per heavy atom. The number of nitrogens with zero attached hydrogens (tertiary/aromatic N) is 1. The van der Waals surface area contributed by atoms with E-state index in [0.717, 1.165) is 25.1 Å². The van der Waals surface area contributed by atoms with Crippen LogP contribution in [0.1, 0.15) is 36.2 Å². The summed E-state index contributed by atoms with van der Waals surface area (Å²) in [7, 11) is -3.80. The van der Waals surface area contributed by atoms with Gasteiger partial charge in [0.25, 0.3) is 15.9 Å². The van der Waals surface area contributed by atoms with Crippen molar-refractivity contribution in [3.8, 4) is 0 Å². The predicted octanol–water partition coefficient (Wildman–Crippen LogP) is 3.27. The molecule has 174 valence electrons. The van der Waals surface area contributed by atoms with Crippen molar-refractivity contribution in [2.45, 2.75) is 38.1 Å². The van der Waals surface area contributed by atoms with Crippen LogP contribution in [0, 0.1) is 12.8 Å². The maximum Gasteiger partial charge on any atom is 0.261 e. The quantitative estimate of drug-likeness (QED) is 0.601. The van der Waals surface area contributed by atoms with Gasteiger partial charge in [-0.1, -0.05) is 37.6 Å². The minimum atomic E-state index is -3.80. The first kappa shape index (κ1) is 24.2. The zero-order valence-corrected chi connectivity index (χ0v) is 19.8. The highest BCUT2D eigenvalue weighted by atomic mass is 32.2. The molecule has 1 aliphatic heterocycles. The summed E-state index contributed by atoms with van der Waals surface area (Å²) in [6.07, 6.45) is 0.967. The van der Waals surface area contributed by atoms with Crippen LogP contribution in [0.5, 0.6) is 0 Å². The van der Waals surface area contributed by atoms with Crippen LogP contribution in [-0.4, -0.2) is 58.1 Å². The average molecular weight is 460 g/mol. The standard InChI is InChI=1S/C24H33N3O4S/c1-18(2)15-22(27-11-13-31-14-12-27)17-25-24(28)20-5-4-6-23(16-20)32(29,30)26-21-9-7-19(3)8-10-21/h4-10,16,18,22,26H,11-15,17H2,1-3H3,(H,25,28)/t22-/m0/s1. The topological polar surface area (TPSA) is 87.7 Å². The molecule has 0 aliphatic carbocycles. The molecular weight excluding hydrogens is 426 g/mol. The number of ether oxygens (including phenoxy) is 1. The molecule has 1 heterocycles. The van der Waals surface area contributed by atoms with E-state index in [1.54, 1.807) is 24.3 Å².